The molecule has 0 spiro atoms. The van der Waals surface area contributed by atoms with Crippen molar-refractivity contribution in [2.75, 3.05) is 0 Å². The van der Waals surface area contributed by atoms with Crippen LogP contribution < -0.4 is 0 Å². The van der Waals surface area contributed by atoms with Gasteiger partial charge in [-0.2, -0.15) is 23.5 Å². The Kier molecular flexibility index (Phi) is 4.79. The Morgan fingerprint density at radius 2 is 1.91 bits per heavy atom. The fraction of sp³-hybridized carbons (Fsp3) is 0.0833. The standard InChI is InChI=1S/C12H4Cl2F3N3O2S/c13-7-1-6(12(15,16)17)2-8(14)9(7)20-10(23-11(21)22)5(3-18)4-19-20/h1-2,4H,(H,21,22). The van der Waals surface area contributed by atoms with Gasteiger partial charge < -0.3 is 5.11 Å². The van der Waals surface area contributed by atoms with Crippen molar-refractivity contribution in [1.29, 1.82) is 5.26 Å². The smallest absolute Gasteiger partial charge is 0.416 e. The number of rotatable bonds is 2. The van der Waals surface area contributed by atoms with Crippen LogP contribution in [0.4, 0.5) is 18.0 Å². The van der Waals surface area contributed by atoms with Crippen LogP contribution in [0.25, 0.3) is 5.69 Å². The fourth-order valence-electron chi connectivity index (χ4n) is 1.69. The van der Waals surface area contributed by atoms with E-state index in [-0.39, 0.29) is 38.1 Å². The van der Waals surface area contributed by atoms with Gasteiger partial charge in [0.05, 0.1) is 21.8 Å². The van der Waals surface area contributed by atoms with Crippen molar-refractivity contribution in [3.63, 3.8) is 0 Å². The maximum absolute atomic E-state index is 12.7. The van der Waals surface area contributed by atoms with Gasteiger partial charge in [-0.05, 0) is 12.1 Å². The minimum atomic E-state index is -4.65. The Morgan fingerprint density at radius 3 is 2.35 bits per heavy atom. The number of nitrogens with zero attached hydrogens (tertiary/aromatic N) is 3. The second-order valence-electron chi connectivity index (χ2n) is 4.04. The van der Waals surface area contributed by atoms with E-state index >= 15 is 0 Å². The third kappa shape index (κ3) is 3.55. The molecule has 0 saturated heterocycles. The van der Waals surface area contributed by atoms with Crippen molar-refractivity contribution >= 4 is 40.3 Å². The topological polar surface area (TPSA) is 78.9 Å². The van der Waals surface area contributed by atoms with Gasteiger partial charge in [-0.3, -0.25) is 0 Å². The number of halogens is 5. The molecular formula is C12H4Cl2F3N3O2S. The Morgan fingerprint density at radius 1 is 1.35 bits per heavy atom. The van der Waals surface area contributed by atoms with Crippen molar-refractivity contribution in [3.8, 4) is 11.8 Å². The van der Waals surface area contributed by atoms with Crippen molar-refractivity contribution in [2.24, 2.45) is 0 Å². The number of carboxylic acid groups (broad SMARTS) is 1. The highest BCUT2D eigenvalue weighted by atomic mass is 35.5. The summed E-state index contributed by atoms with van der Waals surface area (Å²) in [6.45, 7) is 0. The highest BCUT2D eigenvalue weighted by Gasteiger charge is 2.32. The molecule has 120 valence electrons. The summed E-state index contributed by atoms with van der Waals surface area (Å²) < 4.78 is 39.1. The van der Waals surface area contributed by atoms with E-state index in [1.54, 1.807) is 6.07 Å². The van der Waals surface area contributed by atoms with Crippen LogP contribution in [0, 0.1) is 11.3 Å². The van der Waals surface area contributed by atoms with E-state index in [4.69, 9.17) is 33.6 Å². The number of thioether (sulfide) groups is 1. The molecule has 0 atom stereocenters. The van der Waals surface area contributed by atoms with Crippen LogP contribution in [0.1, 0.15) is 11.1 Å². The Bertz CT molecular complexity index is 807. The third-order valence-electron chi connectivity index (χ3n) is 2.59. The fourth-order valence-corrected chi connectivity index (χ4v) is 2.93. The minimum absolute atomic E-state index is 0.0792. The molecule has 1 aromatic carbocycles. The predicted molar refractivity (Wildman–Crippen MR) is 77.2 cm³/mol. The van der Waals surface area contributed by atoms with E-state index < -0.39 is 17.0 Å². The number of aromatic nitrogens is 2. The molecule has 0 fully saturated rings. The summed E-state index contributed by atoms with van der Waals surface area (Å²) in [6.07, 6.45) is -3.58. The van der Waals surface area contributed by atoms with Crippen molar-refractivity contribution in [1.82, 2.24) is 9.78 Å². The quantitative estimate of drug-likeness (QED) is 0.752. The highest BCUT2D eigenvalue weighted by Crippen LogP contribution is 2.39. The molecule has 0 saturated carbocycles. The molecule has 11 heteroatoms. The van der Waals surface area contributed by atoms with Crippen LogP contribution in [0.15, 0.2) is 23.4 Å². The summed E-state index contributed by atoms with van der Waals surface area (Å²) in [6, 6.07) is 3.02. The van der Waals surface area contributed by atoms with E-state index in [0.29, 0.717) is 12.1 Å². The number of carbonyl (C=O) groups is 1. The molecule has 2 rings (SSSR count). The average molecular weight is 382 g/mol. The molecule has 23 heavy (non-hydrogen) atoms. The van der Waals surface area contributed by atoms with Crippen LogP contribution in [-0.2, 0) is 6.18 Å². The Labute approximate surface area is 141 Å². The van der Waals surface area contributed by atoms with E-state index in [1.807, 2.05) is 0 Å². The van der Waals surface area contributed by atoms with Gasteiger partial charge in [-0.25, -0.2) is 9.48 Å². The summed E-state index contributed by atoms with van der Waals surface area (Å²) in [5, 5.41) is 19.4. The molecule has 1 heterocycles. The first-order valence-corrected chi connectivity index (χ1v) is 7.18. The van der Waals surface area contributed by atoms with Gasteiger partial charge in [0, 0.05) is 11.8 Å². The Hall–Kier alpha value is -1.89. The number of nitriles is 1. The number of hydrogen-bond acceptors (Lipinski definition) is 4. The number of alkyl halides is 3. The maximum Gasteiger partial charge on any atom is 0.416 e. The van der Waals surface area contributed by atoms with Gasteiger partial charge in [0.2, 0.25) is 0 Å². The summed E-state index contributed by atoms with van der Waals surface area (Å²) in [4.78, 5) is 10.9. The second kappa shape index (κ2) is 6.31. The van der Waals surface area contributed by atoms with Crippen LogP contribution in [0.2, 0.25) is 10.0 Å². The Balaban J connectivity index is 2.67. The van der Waals surface area contributed by atoms with Gasteiger partial charge in [-0.15, -0.1) is 0 Å². The summed E-state index contributed by atoms with van der Waals surface area (Å²) in [5.74, 6) is 0. The van der Waals surface area contributed by atoms with E-state index in [1.165, 1.54) is 0 Å². The van der Waals surface area contributed by atoms with Crippen molar-refractivity contribution < 1.29 is 23.1 Å². The third-order valence-corrected chi connectivity index (χ3v) is 3.92. The van der Waals surface area contributed by atoms with Crippen LogP contribution >= 0.6 is 35.0 Å². The predicted octanol–water partition coefficient (Wildman–Crippen LogP) is 4.84. The first-order chi connectivity index (χ1) is 10.6. The summed E-state index contributed by atoms with van der Waals surface area (Å²) in [5.41, 5.74) is -1.28. The SMILES string of the molecule is N#Cc1cnn(-c2c(Cl)cc(C(F)(F)F)cc2Cl)c1SC(=O)O. The van der Waals surface area contributed by atoms with Gasteiger partial charge in [0.25, 0.3) is 0 Å². The van der Waals surface area contributed by atoms with Crippen LogP contribution in [-0.4, -0.2) is 20.2 Å². The van der Waals surface area contributed by atoms with Crippen LogP contribution in [0.3, 0.4) is 0 Å². The zero-order valence-corrected chi connectivity index (χ0v) is 13.1. The molecule has 0 aliphatic rings. The molecular weight excluding hydrogens is 378 g/mol. The molecule has 2 aromatic rings. The van der Waals surface area contributed by atoms with Gasteiger partial charge >= 0.3 is 11.5 Å². The van der Waals surface area contributed by atoms with Gasteiger partial charge in [0.15, 0.2) is 0 Å². The molecule has 0 aliphatic carbocycles. The molecule has 1 aromatic heterocycles. The van der Waals surface area contributed by atoms with E-state index in [0.717, 1.165) is 10.9 Å². The lowest BCUT2D eigenvalue weighted by molar-refractivity contribution is -0.137. The molecule has 0 radical (unpaired) electrons. The largest absolute Gasteiger partial charge is 0.473 e. The lowest BCUT2D eigenvalue weighted by atomic mass is 10.2. The lowest BCUT2D eigenvalue weighted by Crippen LogP contribution is -2.08. The van der Waals surface area contributed by atoms with E-state index in [9.17, 15) is 18.0 Å². The molecule has 0 unspecified atom stereocenters. The summed E-state index contributed by atoms with van der Waals surface area (Å²) in [7, 11) is 0. The molecule has 0 amide bonds. The normalized spacial score (nSPS) is 11.3. The number of hydrogen-bond donors (Lipinski definition) is 1. The first-order valence-electron chi connectivity index (χ1n) is 5.60. The van der Waals surface area contributed by atoms with Crippen LogP contribution in [0.5, 0.6) is 0 Å². The average Bonchev–Trinajstić information content (AvgIpc) is 2.79. The molecule has 0 bridgehead atoms. The highest BCUT2D eigenvalue weighted by molar-refractivity contribution is 8.13. The second-order valence-corrected chi connectivity index (χ2v) is 5.80. The van der Waals surface area contributed by atoms with Gasteiger partial charge in [-0.1, -0.05) is 23.2 Å². The summed E-state index contributed by atoms with van der Waals surface area (Å²) >= 11 is 12.0. The molecule has 1 N–H and O–H groups in total. The molecule has 0 aliphatic heterocycles. The molecule has 5 nitrogen and oxygen atoms in total. The number of benzene rings is 1. The van der Waals surface area contributed by atoms with Crippen molar-refractivity contribution in [2.45, 2.75) is 11.2 Å². The zero-order valence-electron chi connectivity index (χ0n) is 10.7. The zero-order chi connectivity index (χ0) is 17.4. The van der Waals surface area contributed by atoms with E-state index in [2.05, 4.69) is 5.10 Å². The lowest BCUT2D eigenvalue weighted by Gasteiger charge is -2.13. The minimum Gasteiger partial charge on any atom is -0.473 e. The first kappa shape index (κ1) is 17.5. The van der Waals surface area contributed by atoms with Gasteiger partial charge in [0.1, 0.15) is 22.3 Å². The monoisotopic (exact) mass is 381 g/mol. The van der Waals surface area contributed by atoms with Crippen molar-refractivity contribution in [3.05, 3.63) is 39.5 Å². The maximum atomic E-state index is 12.7.